The van der Waals surface area contributed by atoms with Crippen LogP contribution in [-0.2, 0) is 0 Å². The first kappa shape index (κ1) is 9.58. The molecule has 1 aliphatic carbocycles. The number of carbonyl (C=O) groups is 1. The van der Waals surface area contributed by atoms with Gasteiger partial charge in [0, 0.05) is 12.8 Å². The molecule has 1 fully saturated rings. The first-order chi connectivity index (χ1) is 7.77. The van der Waals surface area contributed by atoms with E-state index in [1.807, 2.05) is 28.8 Å². The van der Waals surface area contributed by atoms with Gasteiger partial charge in [-0.25, -0.2) is 4.98 Å². The minimum atomic E-state index is 0.101. The number of aromatic nitrogens is 2. The van der Waals surface area contributed by atoms with Crippen molar-refractivity contribution in [3.8, 4) is 0 Å². The van der Waals surface area contributed by atoms with Crippen molar-refractivity contribution in [2.24, 2.45) is 0 Å². The van der Waals surface area contributed by atoms with Gasteiger partial charge in [0.15, 0.2) is 5.78 Å². The largest absolute Gasteiger partial charge is 0.293 e. The Morgan fingerprint density at radius 1 is 1.44 bits per heavy atom. The number of rotatable bonds is 2. The van der Waals surface area contributed by atoms with Crippen LogP contribution in [0.2, 0.25) is 0 Å². The van der Waals surface area contributed by atoms with Crippen molar-refractivity contribution in [1.29, 1.82) is 0 Å². The summed E-state index contributed by atoms with van der Waals surface area (Å²) >= 11 is 0. The average Bonchev–Trinajstić information content (AvgIpc) is 2.59. The number of nitrogens with zero attached hydrogens (tertiary/aromatic N) is 2. The van der Waals surface area contributed by atoms with Gasteiger partial charge in [-0.05, 0) is 25.0 Å². The van der Waals surface area contributed by atoms with Crippen molar-refractivity contribution in [3.05, 3.63) is 35.9 Å². The third-order valence-electron chi connectivity index (χ3n) is 3.41. The fraction of sp³-hybridized carbons (Fsp3) is 0.385. The van der Waals surface area contributed by atoms with E-state index < -0.39 is 0 Å². The first-order valence-electron chi connectivity index (χ1n) is 5.74. The van der Waals surface area contributed by atoms with Crippen molar-refractivity contribution in [1.82, 2.24) is 9.38 Å². The van der Waals surface area contributed by atoms with E-state index in [-0.39, 0.29) is 5.78 Å². The Bertz CT molecular complexity index is 552. The summed E-state index contributed by atoms with van der Waals surface area (Å²) in [6.07, 6.45) is 5.54. The van der Waals surface area contributed by atoms with E-state index in [1.165, 1.54) is 19.3 Å². The molecule has 3 heteroatoms. The molecule has 0 amide bonds. The molecule has 2 heterocycles. The summed E-state index contributed by atoms with van der Waals surface area (Å²) in [5.74, 6) is 1.71. The van der Waals surface area contributed by atoms with Crippen LogP contribution in [0.15, 0.2) is 24.4 Å². The Hall–Kier alpha value is -1.64. The van der Waals surface area contributed by atoms with E-state index in [2.05, 4.69) is 4.98 Å². The van der Waals surface area contributed by atoms with Crippen LogP contribution in [0.3, 0.4) is 0 Å². The molecule has 0 aromatic carbocycles. The highest BCUT2D eigenvalue weighted by Gasteiger charge is 2.24. The highest BCUT2D eigenvalue weighted by atomic mass is 16.1. The molecule has 3 nitrogen and oxygen atoms in total. The van der Waals surface area contributed by atoms with Crippen molar-refractivity contribution < 1.29 is 4.79 Å². The second-order valence-electron chi connectivity index (χ2n) is 4.47. The highest BCUT2D eigenvalue weighted by Crippen LogP contribution is 2.36. The van der Waals surface area contributed by atoms with Gasteiger partial charge in [0.05, 0.1) is 17.4 Å². The van der Waals surface area contributed by atoms with Gasteiger partial charge in [0.1, 0.15) is 5.82 Å². The third-order valence-corrected chi connectivity index (χ3v) is 3.41. The van der Waals surface area contributed by atoms with Crippen LogP contribution < -0.4 is 0 Å². The fourth-order valence-electron chi connectivity index (χ4n) is 2.30. The smallest absolute Gasteiger partial charge is 0.176 e. The van der Waals surface area contributed by atoms with Gasteiger partial charge >= 0.3 is 0 Å². The number of carbonyl (C=O) groups excluding carboxylic acids is 1. The van der Waals surface area contributed by atoms with Crippen LogP contribution >= 0.6 is 0 Å². The number of ketones is 1. The van der Waals surface area contributed by atoms with Gasteiger partial charge in [0.2, 0.25) is 0 Å². The topological polar surface area (TPSA) is 34.4 Å². The van der Waals surface area contributed by atoms with E-state index in [0.717, 1.165) is 17.0 Å². The molecule has 2 aromatic heterocycles. The van der Waals surface area contributed by atoms with Gasteiger partial charge in [-0.2, -0.15) is 0 Å². The lowest BCUT2D eigenvalue weighted by Gasteiger charge is -2.24. The second-order valence-corrected chi connectivity index (χ2v) is 4.47. The molecule has 0 unspecified atom stereocenters. The zero-order valence-electron chi connectivity index (χ0n) is 9.31. The third kappa shape index (κ3) is 1.28. The molecule has 82 valence electrons. The molecule has 0 N–H and O–H groups in total. The van der Waals surface area contributed by atoms with E-state index in [0.29, 0.717) is 5.92 Å². The van der Waals surface area contributed by atoms with Crippen LogP contribution in [0.5, 0.6) is 0 Å². The predicted octanol–water partition coefficient (Wildman–Crippen LogP) is 2.80. The molecule has 2 aromatic rings. The normalized spacial score (nSPS) is 16.3. The second kappa shape index (κ2) is 3.44. The molecule has 3 rings (SSSR count). The summed E-state index contributed by atoms with van der Waals surface area (Å²) in [6, 6.07) is 5.79. The molecule has 0 aliphatic heterocycles. The van der Waals surface area contributed by atoms with Crippen LogP contribution in [0.1, 0.15) is 48.4 Å². The summed E-state index contributed by atoms with van der Waals surface area (Å²) in [7, 11) is 0. The van der Waals surface area contributed by atoms with Crippen molar-refractivity contribution in [2.75, 3.05) is 0 Å². The lowest BCUT2D eigenvalue weighted by Crippen LogP contribution is -2.15. The van der Waals surface area contributed by atoms with Crippen LogP contribution in [0.4, 0.5) is 0 Å². The molecule has 0 saturated heterocycles. The number of pyridine rings is 1. The summed E-state index contributed by atoms with van der Waals surface area (Å²) in [5, 5.41) is 0. The Labute approximate surface area is 94.1 Å². The maximum absolute atomic E-state index is 11.6. The SMILES string of the molecule is CC(=O)c1cccc2cnc(C3CCC3)n12. The molecule has 0 bridgehead atoms. The van der Waals surface area contributed by atoms with E-state index >= 15 is 0 Å². The summed E-state index contributed by atoms with van der Waals surface area (Å²) in [4.78, 5) is 16.1. The maximum Gasteiger partial charge on any atom is 0.176 e. The number of imidazole rings is 1. The maximum atomic E-state index is 11.6. The molecule has 1 aliphatic rings. The Morgan fingerprint density at radius 3 is 2.88 bits per heavy atom. The summed E-state index contributed by atoms with van der Waals surface area (Å²) in [5.41, 5.74) is 1.77. The average molecular weight is 214 g/mol. The number of fused-ring (bicyclic) bond motifs is 1. The molecular formula is C13H14N2O. The Kier molecular flexibility index (Phi) is 2.06. The van der Waals surface area contributed by atoms with Gasteiger partial charge in [-0.15, -0.1) is 0 Å². The van der Waals surface area contributed by atoms with Gasteiger partial charge in [0.25, 0.3) is 0 Å². The van der Waals surface area contributed by atoms with Crippen LogP contribution in [0, 0.1) is 0 Å². The fourth-order valence-corrected chi connectivity index (χ4v) is 2.30. The quantitative estimate of drug-likeness (QED) is 0.720. The predicted molar refractivity (Wildman–Crippen MR) is 61.8 cm³/mol. The van der Waals surface area contributed by atoms with Crippen molar-refractivity contribution >= 4 is 11.3 Å². The van der Waals surface area contributed by atoms with Gasteiger partial charge < -0.3 is 0 Å². The van der Waals surface area contributed by atoms with Gasteiger partial charge in [-0.3, -0.25) is 9.20 Å². The number of hydrogen-bond acceptors (Lipinski definition) is 2. The van der Waals surface area contributed by atoms with E-state index in [9.17, 15) is 4.79 Å². The standard InChI is InChI=1S/C13H14N2O/c1-9(16)12-7-3-6-11-8-14-13(15(11)12)10-4-2-5-10/h3,6-8,10H,2,4-5H2,1H3. The highest BCUT2D eigenvalue weighted by molar-refractivity contribution is 5.93. The monoisotopic (exact) mass is 214 g/mol. The van der Waals surface area contributed by atoms with Crippen molar-refractivity contribution in [3.63, 3.8) is 0 Å². The molecule has 16 heavy (non-hydrogen) atoms. The zero-order valence-corrected chi connectivity index (χ0v) is 9.31. The van der Waals surface area contributed by atoms with Crippen LogP contribution in [-0.4, -0.2) is 15.2 Å². The Morgan fingerprint density at radius 2 is 2.25 bits per heavy atom. The molecule has 1 saturated carbocycles. The molecule has 0 atom stereocenters. The number of hydrogen-bond donors (Lipinski definition) is 0. The molecular weight excluding hydrogens is 200 g/mol. The lowest BCUT2D eigenvalue weighted by molar-refractivity contribution is 0.101. The first-order valence-corrected chi connectivity index (χ1v) is 5.74. The van der Waals surface area contributed by atoms with E-state index in [4.69, 9.17) is 0 Å². The minimum absolute atomic E-state index is 0.101. The minimum Gasteiger partial charge on any atom is -0.293 e. The van der Waals surface area contributed by atoms with Gasteiger partial charge in [-0.1, -0.05) is 12.5 Å². The Balaban J connectivity index is 2.25. The summed E-state index contributed by atoms with van der Waals surface area (Å²) in [6.45, 7) is 1.61. The molecule has 0 spiro atoms. The van der Waals surface area contributed by atoms with E-state index in [1.54, 1.807) is 6.92 Å². The summed E-state index contributed by atoms with van der Waals surface area (Å²) < 4.78 is 2.02. The molecule has 0 radical (unpaired) electrons. The number of Topliss-reactive ketones (excluding diaryl/α,β-unsaturated/α-hetero) is 1. The van der Waals surface area contributed by atoms with Crippen molar-refractivity contribution in [2.45, 2.75) is 32.1 Å². The van der Waals surface area contributed by atoms with Crippen LogP contribution in [0.25, 0.3) is 5.52 Å². The zero-order chi connectivity index (χ0) is 11.1. The lowest BCUT2D eigenvalue weighted by atomic mass is 9.85.